The summed E-state index contributed by atoms with van der Waals surface area (Å²) in [6.45, 7) is 6.29. The average molecular weight is 288 g/mol. The Bertz CT molecular complexity index is 761. The molecule has 0 saturated heterocycles. The van der Waals surface area contributed by atoms with Crippen molar-refractivity contribution in [1.29, 1.82) is 0 Å². The van der Waals surface area contributed by atoms with Gasteiger partial charge in [0.2, 0.25) is 0 Å². The Balaban J connectivity index is 2.39. The molecule has 0 aromatic heterocycles. The van der Waals surface area contributed by atoms with Gasteiger partial charge in [-0.1, -0.05) is 54.6 Å². The lowest BCUT2D eigenvalue weighted by Crippen LogP contribution is -1.93. The number of aromatic hydroxyl groups is 1. The highest BCUT2D eigenvalue weighted by molar-refractivity contribution is 5.91. The molecule has 0 amide bonds. The fourth-order valence-electron chi connectivity index (χ4n) is 3.02. The highest BCUT2D eigenvalue weighted by Crippen LogP contribution is 2.42. The standard InChI is InChI=1S/C21H20O/c1-14-8-4-6-10-17(14)20-16(3)12-13-19(22)21(20)18-11-7-5-9-15(18)2/h4-13,22H,1-3H3. The van der Waals surface area contributed by atoms with Crippen molar-refractivity contribution in [2.24, 2.45) is 0 Å². The molecule has 3 aromatic carbocycles. The summed E-state index contributed by atoms with van der Waals surface area (Å²) in [6.07, 6.45) is 0. The number of phenolic OH excluding ortho intramolecular Hbond substituents is 1. The van der Waals surface area contributed by atoms with Crippen LogP contribution in [0.1, 0.15) is 16.7 Å². The summed E-state index contributed by atoms with van der Waals surface area (Å²) in [6, 6.07) is 20.3. The molecule has 0 aliphatic rings. The third kappa shape index (κ3) is 2.39. The Kier molecular flexibility index (Phi) is 3.72. The summed E-state index contributed by atoms with van der Waals surface area (Å²) >= 11 is 0. The number of phenols is 1. The van der Waals surface area contributed by atoms with Gasteiger partial charge in [0.25, 0.3) is 0 Å². The van der Waals surface area contributed by atoms with Crippen LogP contribution in [0.3, 0.4) is 0 Å². The maximum Gasteiger partial charge on any atom is 0.124 e. The molecule has 0 radical (unpaired) electrons. The lowest BCUT2D eigenvalue weighted by atomic mass is 9.87. The van der Waals surface area contributed by atoms with Crippen LogP contribution in [0.25, 0.3) is 22.3 Å². The molecule has 1 nitrogen and oxygen atoms in total. The summed E-state index contributed by atoms with van der Waals surface area (Å²) < 4.78 is 0. The van der Waals surface area contributed by atoms with E-state index in [4.69, 9.17) is 0 Å². The second kappa shape index (κ2) is 5.69. The first-order valence-corrected chi connectivity index (χ1v) is 7.54. The number of hydrogen-bond donors (Lipinski definition) is 1. The molecule has 1 N–H and O–H groups in total. The number of aryl methyl sites for hydroxylation is 3. The predicted octanol–water partition coefficient (Wildman–Crippen LogP) is 5.65. The number of rotatable bonds is 2. The van der Waals surface area contributed by atoms with Gasteiger partial charge in [-0.3, -0.25) is 0 Å². The molecule has 0 heterocycles. The first-order chi connectivity index (χ1) is 10.6. The summed E-state index contributed by atoms with van der Waals surface area (Å²) in [5, 5.41) is 10.5. The molecule has 0 unspecified atom stereocenters. The van der Waals surface area contributed by atoms with E-state index in [0.29, 0.717) is 5.75 Å². The minimum Gasteiger partial charge on any atom is -0.507 e. The molecule has 0 saturated carbocycles. The van der Waals surface area contributed by atoms with Crippen LogP contribution in [0.4, 0.5) is 0 Å². The second-order valence-electron chi connectivity index (χ2n) is 5.78. The van der Waals surface area contributed by atoms with E-state index in [9.17, 15) is 5.11 Å². The smallest absolute Gasteiger partial charge is 0.124 e. The highest BCUT2D eigenvalue weighted by Gasteiger charge is 2.17. The molecule has 0 aliphatic carbocycles. The third-order valence-electron chi connectivity index (χ3n) is 4.22. The summed E-state index contributed by atoms with van der Waals surface area (Å²) in [5.74, 6) is 0.332. The van der Waals surface area contributed by atoms with Crippen molar-refractivity contribution >= 4 is 0 Å². The molecular formula is C21H20O. The van der Waals surface area contributed by atoms with E-state index in [0.717, 1.165) is 16.7 Å². The van der Waals surface area contributed by atoms with Gasteiger partial charge in [0, 0.05) is 5.56 Å². The molecule has 0 bridgehead atoms. The zero-order chi connectivity index (χ0) is 15.7. The van der Waals surface area contributed by atoms with Crippen LogP contribution in [0.15, 0.2) is 60.7 Å². The van der Waals surface area contributed by atoms with Crippen LogP contribution >= 0.6 is 0 Å². The molecule has 0 spiro atoms. The third-order valence-corrected chi connectivity index (χ3v) is 4.22. The van der Waals surface area contributed by atoms with Gasteiger partial charge in [0.15, 0.2) is 0 Å². The quantitative estimate of drug-likeness (QED) is 0.646. The second-order valence-corrected chi connectivity index (χ2v) is 5.78. The van der Waals surface area contributed by atoms with Crippen molar-refractivity contribution in [3.63, 3.8) is 0 Å². The molecule has 0 atom stereocenters. The zero-order valence-corrected chi connectivity index (χ0v) is 13.2. The van der Waals surface area contributed by atoms with E-state index in [1.54, 1.807) is 6.07 Å². The van der Waals surface area contributed by atoms with E-state index >= 15 is 0 Å². The summed E-state index contributed by atoms with van der Waals surface area (Å²) in [5.41, 5.74) is 7.85. The van der Waals surface area contributed by atoms with Gasteiger partial charge in [-0.25, -0.2) is 0 Å². The number of benzene rings is 3. The van der Waals surface area contributed by atoms with Crippen molar-refractivity contribution in [3.05, 3.63) is 77.4 Å². The van der Waals surface area contributed by atoms with Crippen molar-refractivity contribution in [3.8, 4) is 28.0 Å². The van der Waals surface area contributed by atoms with E-state index in [1.807, 2.05) is 30.3 Å². The van der Waals surface area contributed by atoms with Gasteiger partial charge in [-0.15, -0.1) is 0 Å². The van der Waals surface area contributed by atoms with Crippen LogP contribution in [0, 0.1) is 20.8 Å². The van der Waals surface area contributed by atoms with E-state index in [2.05, 4.69) is 45.0 Å². The molecule has 1 heteroatoms. The molecule has 3 aromatic rings. The van der Waals surface area contributed by atoms with Gasteiger partial charge in [0.1, 0.15) is 5.75 Å². The molecule has 0 fully saturated rings. The van der Waals surface area contributed by atoms with E-state index in [1.165, 1.54) is 22.3 Å². The fraction of sp³-hybridized carbons (Fsp3) is 0.143. The average Bonchev–Trinajstić information content (AvgIpc) is 2.51. The topological polar surface area (TPSA) is 20.2 Å². The fourth-order valence-corrected chi connectivity index (χ4v) is 3.02. The van der Waals surface area contributed by atoms with Gasteiger partial charge in [0.05, 0.1) is 0 Å². The highest BCUT2D eigenvalue weighted by atomic mass is 16.3. The van der Waals surface area contributed by atoms with Crippen molar-refractivity contribution in [2.75, 3.05) is 0 Å². The Morgan fingerprint density at radius 2 is 1.05 bits per heavy atom. The maximum absolute atomic E-state index is 10.5. The zero-order valence-electron chi connectivity index (χ0n) is 13.2. The minimum absolute atomic E-state index is 0.332. The Labute approximate surface area is 131 Å². The van der Waals surface area contributed by atoms with Crippen LogP contribution < -0.4 is 0 Å². The van der Waals surface area contributed by atoms with Gasteiger partial charge < -0.3 is 5.11 Å². The minimum atomic E-state index is 0.332. The molecule has 0 aliphatic heterocycles. The lowest BCUT2D eigenvalue weighted by Gasteiger charge is -2.18. The summed E-state index contributed by atoms with van der Waals surface area (Å²) in [7, 11) is 0. The summed E-state index contributed by atoms with van der Waals surface area (Å²) in [4.78, 5) is 0. The molecular weight excluding hydrogens is 268 g/mol. The first kappa shape index (κ1) is 14.4. The largest absolute Gasteiger partial charge is 0.507 e. The van der Waals surface area contributed by atoms with Crippen LogP contribution in [-0.2, 0) is 0 Å². The normalized spacial score (nSPS) is 10.7. The first-order valence-electron chi connectivity index (χ1n) is 7.54. The Morgan fingerprint density at radius 1 is 0.545 bits per heavy atom. The van der Waals surface area contributed by atoms with Crippen molar-refractivity contribution in [1.82, 2.24) is 0 Å². The lowest BCUT2D eigenvalue weighted by molar-refractivity contribution is 0.477. The van der Waals surface area contributed by atoms with Crippen LogP contribution in [0.5, 0.6) is 5.75 Å². The maximum atomic E-state index is 10.5. The number of hydrogen-bond acceptors (Lipinski definition) is 1. The van der Waals surface area contributed by atoms with E-state index in [-0.39, 0.29) is 0 Å². The van der Waals surface area contributed by atoms with Crippen molar-refractivity contribution < 1.29 is 5.11 Å². The molecule has 3 rings (SSSR count). The van der Waals surface area contributed by atoms with Crippen molar-refractivity contribution in [2.45, 2.75) is 20.8 Å². The molecule has 22 heavy (non-hydrogen) atoms. The van der Waals surface area contributed by atoms with Gasteiger partial charge >= 0.3 is 0 Å². The molecule has 110 valence electrons. The predicted molar refractivity (Wildman–Crippen MR) is 93.2 cm³/mol. The van der Waals surface area contributed by atoms with E-state index < -0.39 is 0 Å². The SMILES string of the molecule is Cc1ccccc1-c1c(C)ccc(O)c1-c1ccccc1C. The van der Waals surface area contributed by atoms with Gasteiger partial charge in [-0.2, -0.15) is 0 Å². The van der Waals surface area contributed by atoms with Crippen LogP contribution in [-0.4, -0.2) is 5.11 Å². The van der Waals surface area contributed by atoms with Crippen LogP contribution in [0.2, 0.25) is 0 Å². The Morgan fingerprint density at radius 3 is 1.59 bits per heavy atom. The monoisotopic (exact) mass is 288 g/mol. The Hall–Kier alpha value is -2.54. The van der Waals surface area contributed by atoms with Gasteiger partial charge in [-0.05, 0) is 60.2 Å².